The van der Waals surface area contributed by atoms with Crippen molar-refractivity contribution in [3.05, 3.63) is 37.0 Å². The fourth-order valence-electron chi connectivity index (χ4n) is 0.812. The first-order valence-electron chi connectivity index (χ1n) is 3.19. The molecular formula is C8H5N2O. The van der Waals surface area contributed by atoms with Crippen LogP contribution in [0.25, 0.3) is 11.5 Å². The lowest BCUT2D eigenvalue weighted by molar-refractivity contribution is 0.579. The van der Waals surface area contributed by atoms with Crippen molar-refractivity contribution in [1.82, 2.24) is 9.97 Å². The summed E-state index contributed by atoms with van der Waals surface area (Å²) in [4.78, 5) is 7.80. The normalized spacial score (nSPS) is 9.82. The molecule has 3 heteroatoms. The number of rotatable bonds is 1. The van der Waals surface area contributed by atoms with Gasteiger partial charge in [0, 0.05) is 0 Å². The van der Waals surface area contributed by atoms with Crippen molar-refractivity contribution in [2.24, 2.45) is 0 Å². The smallest absolute Gasteiger partial charge is 0.153 e. The standard InChI is InChI=1S/C8H5N2O/c1-2-8(11-5-1)7-6-9-3-4-10-7/h1-3,5-6H. The number of aromatic nitrogens is 2. The molecule has 11 heavy (non-hydrogen) atoms. The van der Waals surface area contributed by atoms with Crippen LogP contribution < -0.4 is 0 Å². The van der Waals surface area contributed by atoms with Crippen LogP contribution in [-0.4, -0.2) is 9.97 Å². The average Bonchev–Trinajstić information content (AvgIpc) is 2.58. The highest BCUT2D eigenvalue weighted by Gasteiger charge is 1.99. The first-order valence-corrected chi connectivity index (χ1v) is 3.19. The summed E-state index contributed by atoms with van der Waals surface area (Å²) in [6, 6.07) is 3.64. The maximum absolute atomic E-state index is 5.10. The third kappa shape index (κ3) is 1.12. The third-order valence-corrected chi connectivity index (χ3v) is 1.29. The molecule has 0 spiro atoms. The van der Waals surface area contributed by atoms with Gasteiger partial charge in [0.15, 0.2) is 5.76 Å². The predicted octanol–water partition coefficient (Wildman–Crippen LogP) is 1.54. The Morgan fingerprint density at radius 3 is 3.09 bits per heavy atom. The van der Waals surface area contributed by atoms with Crippen LogP contribution in [0.15, 0.2) is 35.2 Å². The molecule has 0 atom stereocenters. The molecule has 0 N–H and O–H groups in total. The first-order chi connectivity index (χ1) is 5.47. The minimum absolute atomic E-state index is 0.706. The monoisotopic (exact) mass is 145 g/mol. The van der Waals surface area contributed by atoms with Crippen LogP contribution in [0.4, 0.5) is 0 Å². The highest BCUT2D eigenvalue weighted by molar-refractivity contribution is 5.49. The highest BCUT2D eigenvalue weighted by Crippen LogP contribution is 2.14. The van der Waals surface area contributed by atoms with E-state index in [9.17, 15) is 0 Å². The molecule has 2 aromatic heterocycles. The Morgan fingerprint density at radius 1 is 1.45 bits per heavy atom. The second kappa shape index (κ2) is 2.54. The van der Waals surface area contributed by atoms with Crippen molar-refractivity contribution in [3.8, 4) is 11.5 Å². The molecule has 0 aliphatic heterocycles. The van der Waals surface area contributed by atoms with Gasteiger partial charge in [0.1, 0.15) is 11.9 Å². The molecular weight excluding hydrogens is 140 g/mol. The zero-order valence-corrected chi connectivity index (χ0v) is 5.69. The van der Waals surface area contributed by atoms with Gasteiger partial charge in [-0.25, -0.2) is 4.98 Å². The lowest BCUT2D eigenvalue weighted by atomic mass is 10.3. The van der Waals surface area contributed by atoms with E-state index in [1.54, 1.807) is 12.5 Å². The number of hydrogen-bond donors (Lipinski definition) is 0. The predicted molar refractivity (Wildman–Crippen MR) is 38.6 cm³/mol. The third-order valence-electron chi connectivity index (χ3n) is 1.29. The summed E-state index contributed by atoms with van der Waals surface area (Å²) in [5, 5.41) is 0. The summed E-state index contributed by atoms with van der Waals surface area (Å²) in [5.41, 5.74) is 0.706. The van der Waals surface area contributed by atoms with Gasteiger partial charge >= 0.3 is 0 Å². The summed E-state index contributed by atoms with van der Waals surface area (Å²) in [6.45, 7) is 0. The fourth-order valence-corrected chi connectivity index (χ4v) is 0.812. The van der Waals surface area contributed by atoms with Crippen molar-refractivity contribution in [2.45, 2.75) is 0 Å². The molecule has 3 nitrogen and oxygen atoms in total. The van der Waals surface area contributed by atoms with E-state index in [2.05, 4.69) is 16.2 Å². The van der Waals surface area contributed by atoms with Gasteiger partial charge in [0.05, 0.1) is 18.7 Å². The molecule has 53 valence electrons. The van der Waals surface area contributed by atoms with Gasteiger partial charge in [-0.3, -0.25) is 4.98 Å². The minimum Gasteiger partial charge on any atom is -0.463 e. The molecule has 2 aromatic rings. The fraction of sp³-hybridized carbons (Fsp3) is 0. The van der Waals surface area contributed by atoms with Crippen molar-refractivity contribution in [1.29, 1.82) is 0 Å². The van der Waals surface area contributed by atoms with Crippen LogP contribution in [0.1, 0.15) is 0 Å². The molecule has 0 amide bonds. The van der Waals surface area contributed by atoms with Crippen molar-refractivity contribution in [2.75, 3.05) is 0 Å². The summed E-state index contributed by atoms with van der Waals surface area (Å²) in [7, 11) is 0. The van der Waals surface area contributed by atoms with Crippen LogP contribution in [-0.2, 0) is 0 Å². The van der Waals surface area contributed by atoms with Crippen molar-refractivity contribution in [3.63, 3.8) is 0 Å². The van der Waals surface area contributed by atoms with Gasteiger partial charge in [-0.15, -0.1) is 0 Å². The van der Waals surface area contributed by atoms with Crippen molar-refractivity contribution < 1.29 is 4.42 Å². The largest absolute Gasteiger partial charge is 0.463 e. The van der Waals surface area contributed by atoms with Gasteiger partial charge in [-0.1, -0.05) is 0 Å². The Balaban J connectivity index is 2.46. The maximum atomic E-state index is 5.10. The molecule has 2 rings (SSSR count). The molecule has 0 aromatic carbocycles. The van der Waals surface area contributed by atoms with Gasteiger partial charge < -0.3 is 4.42 Å². The van der Waals surface area contributed by atoms with E-state index in [4.69, 9.17) is 4.42 Å². The maximum Gasteiger partial charge on any atom is 0.153 e. The van der Waals surface area contributed by atoms with E-state index >= 15 is 0 Å². The number of furan rings is 1. The highest BCUT2D eigenvalue weighted by atomic mass is 16.3. The van der Waals surface area contributed by atoms with Crippen LogP contribution >= 0.6 is 0 Å². The van der Waals surface area contributed by atoms with E-state index in [1.165, 1.54) is 6.20 Å². The van der Waals surface area contributed by atoms with Gasteiger partial charge in [-0.2, -0.15) is 0 Å². The van der Waals surface area contributed by atoms with E-state index < -0.39 is 0 Å². The Kier molecular flexibility index (Phi) is 1.41. The summed E-state index contributed by atoms with van der Waals surface area (Å²) < 4.78 is 5.10. The number of nitrogens with zero attached hydrogens (tertiary/aromatic N) is 2. The Labute approximate surface area is 63.7 Å². The average molecular weight is 145 g/mol. The SMILES string of the molecule is [c]1cncc(-c2ccco2)n1. The second-order valence-corrected chi connectivity index (χ2v) is 2.01. The van der Waals surface area contributed by atoms with Crippen LogP contribution in [0.3, 0.4) is 0 Å². The summed E-state index contributed by atoms with van der Waals surface area (Å²) in [6.07, 6.45) is 7.37. The van der Waals surface area contributed by atoms with Crippen LogP contribution in [0.2, 0.25) is 0 Å². The Hall–Kier alpha value is -1.64. The minimum atomic E-state index is 0.706. The molecule has 2 heterocycles. The Bertz CT molecular complexity index is 315. The zero-order valence-electron chi connectivity index (χ0n) is 5.69. The molecule has 1 radical (unpaired) electrons. The zero-order chi connectivity index (χ0) is 7.52. The molecule has 0 bridgehead atoms. The Morgan fingerprint density at radius 2 is 2.45 bits per heavy atom. The van der Waals surface area contributed by atoms with E-state index in [1.807, 2.05) is 12.1 Å². The van der Waals surface area contributed by atoms with Gasteiger partial charge in [-0.05, 0) is 12.1 Å². The summed E-state index contributed by atoms with van der Waals surface area (Å²) >= 11 is 0. The molecule has 0 aliphatic carbocycles. The van der Waals surface area contributed by atoms with Crippen LogP contribution in [0, 0.1) is 6.20 Å². The molecule has 0 unspecified atom stereocenters. The lowest BCUT2D eigenvalue weighted by Gasteiger charge is -1.90. The van der Waals surface area contributed by atoms with E-state index in [0.29, 0.717) is 11.5 Å². The van der Waals surface area contributed by atoms with E-state index in [-0.39, 0.29) is 0 Å². The second-order valence-electron chi connectivity index (χ2n) is 2.01. The van der Waals surface area contributed by atoms with E-state index in [0.717, 1.165) is 0 Å². The molecule has 0 saturated carbocycles. The molecule has 0 aliphatic rings. The number of hydrogen-bond acceptors (Lipinski definition) is 3. The lowest BCUT2D eigenvalue weighted by Crippen LogP contribution is -1.80. The van der Waals surface area contributed by atoms with Gasteiger partial charge in [0.25, 0.3) is 0 Å². The van der Waals surface area contributed by atoms with Crippen LogP contribution in [0.5, 0.6) is 0 Å². The quantitative estimate of drug-likeness (QED) is 0.610. The topological polar surface area (TPSA) is 38.9 Å². The van der Waals surface area contributed by atoms with Gasteiger partial charge in [0.2, 0.25) is 0 Å². The summed E-state index contributed by atoms with van der Waals surface area (Å²) in [5.74, 6) is 0.717. The molecule has 0 fully saturated rings. The van der Waals surface area contributed by atoms with Crippen molar-refractivity contribution >= 4 is 0 Å². The molecule has 0 saturated heterocycles. The first kappa shape index (κ1) is 6.09.